The molecule has 0 spiro atoms. The van der Waals surface area contributed by atoms with E-state index in [0.717, 1.165) is 11.1 Å². The lowest BCUT2D eigenvalue weighted by atomic mass is 9.96. The highest BCUT2D eigenvalue weighted by molar-refractivity contribution is 7.09. The van der Waals surface area contributed by atoms with Crippen LogP contribution in [0.3, 0.4) is 0 Å². The van der Waals surface area contributed by atoms with Crippen molar-refractivity contribution >= 4 is 11.3 Å². The van der Waals surface area contributed by atoms with Crippen molar-refractivity contribution < 1.29 is 14.6 Å². The summed E-state index contributed by atoms with van der Waals surface area (Å²) < 4.78 is 13.6. The Morgan fingerprint density at radius 2 is 2.07 bits per heavy atom. The summed E-state index contributed by atoms with van der Waals surface area (Å²) in [6.45, 7) is 1.18. The highest BCUT2D eigenvalue weighted by atomic mass is 32.1. The van der Waals surface area contributed by atoms with Crippen LogP contribution in [0.4, 0.5) is 0 Å². The molecule has 2 N–H and O–H groups in total. The second-order valence-corrected chi connectivity index (χ2v) is 7.95. The van der Waals surface area contributed by atoms with Crippen LogP contribution < -0.4 is 5.32 Å². The molecule has 2 saturated heterocycles. The van der Waals surface area contributed by atoms with E-state index in [2.05, 4.69) is 21.9 Å². The lowest BCUT2D eigenvalue weighted by Crippen LogP contribution is -2.57. The number of aliphatic hydroxyl groups is 1. The molecular weight excluding hydrogens is 362 g/mol. The van der Waals surface area contributed by atoms with Gasteiger partial charge in [0, 0.05) is 23.2 Å². The Kier molecular flexibility index (Phi) is 4.55. The number of thiophene rings is 1. The third-order valence-electron chi connectivity index (χ3n) is 5.24. The van der Waals surface area contributed by atoms with Crippen LogP contribution in [0.2, 0.25) is 0 Å². The zero-order valence-electron chi connectivity index (χ0n) is 14.6. The molecule has 6 nitrogen and oxygen atoms in total. The first-order valence-corrected chi connectivity index (χ1v) is 9.98. The van der Waals surface area contributed by atoms with E-state index in [1.807, 2.05) is 48.8 Å². The molecule has 5 unspecified atom stereocenters. The van der Waals surface area contributed by atoms with Crippen molar-refractivity contribution in [3.63, 3.8) is 0 Å². The fourth-order valence-corrected chi connectivity index (χ4v) is 4.50. The predicted molar refractivity (Wildman–Crippen MR) is 102 cm³/mol. The van der Waals surface area contributed by atoms with Crippen molar-refractivity contribution in [2.24, 2.45) is 0 Å². The molecule has 2 aliphatic heterocycles. The minimum Gasteiger partial charge on any atom is -0.389 e. The number of nitrogens with zero attached hydrogens (tertiary/aromatic N) is 2. The van der Waals surface area contributed by atoms with Crippen LogP contribution in [-0.2, 0) is 16.0 Å². The van der Waals surface area contributed by atoms with Gasteiger partial charge in [-0.25, -0.2) is 0 Å². The van der Waals surface area contributed by atoms with E-state index in [-0.39, 0.29) is 18.2 Å². The maximum absolute atomic E-state index is 11.1. The van der Waals surface area contributed by atoms with Gasteiger partial charge >= 0.3 is 0 Å². The summed E-state index contributed by atoms with van der Waals surface area (Å²) in [5, 5.41) is 21.1. The Bertz CT molecular complexity index is 883. The lowest BCUT2D eigenvalue weighted by molar-refractivity contribution is -0.168. The third-order valence-corrected chi connectivity index (χ3v) is 6.11. The van der Waals surface area contributed by atoms with Gasteiger partial charge in [-0.05, 0) is 17.0 Å². The zero-order chi connectivity index (χ0) is 18.2. The SMILES string of the molecule is OC1C(NCc2cccs2)C2COC(O2)C1n1cc(-c2ccccc2)cn1. The van der Waals surface area contributed by atoms with Crippen LogP contribution in [0.1, 0.15) is 10.9 Å². The Morgan fingerprint density at radius 1 is 1.19 bits per heavy atom. The molecule has 0 radical (unpaired) electrons. The molecule has 0 saturated carbocycles. The van der Waals surface area contributed by atoms with Crippen LogP contribution >= 0.6 is 11.3 Å². The molecule has 140 valence electrons. The number of hydrogen-bond donors (Lipinski definition) is 2. The smallest absolute Gasteiger partial charge is 0.183 e. The van der Waals surface area contributed by atoms with Gasteiger partial charge in [0.2, 0.25) is 0 Å². The van der Waals surface area contributed by atoms with Crippen molar-refractivity contribution in [3.8, 4) is 11.1 Å². The minimum absolute atomic E-state index is 0.148. The first kappa shape index (κ1) is 17.1. The van der Waals surface area contributed by atoms with Gasteiger partial charge in [0.05, 0.1) is 24.9 Å². The summed E-state index contributed by atoms with van der Waals surface area (Å²) in [6, 6.07) is 13.6. The molecule has 0 aliphatic carbocycles. The fraction of sp³-hybridized carbons (Fsp3) is 0.350. The number of aromatic nitrogens is 2. The molecular formula is C20H21N3O3S. The van der Waals surface area contributed by atoms with Gasteiger partial charge in [-0.1, -0.05) is 36.4 Å². The van der Waals surface area contributed by atoms with Crippen LogP contribution in [0.25, 0.3) is 11.1 Å². The van der Waals surface area contributed by atoms with Crippen molar-refractivity contribution in [1.29, 1.82) is 0 Å². The van der Waals surface area contributed by atoms with E-state index in [1.54, 1.807) is 16.0 Å². The lowest BCUT2D eigenvalue weighted by Gasteiger charge is -2.38. The van der Waals surface area contributed by atoms with E-state index in [1.165, 1.54) is 4.88 Å². The van der Waals surface area contributed by atoms with E-state index in [0.29, 0.717) is 13.2 Å². The van der Waals surface area contributed by atoms with Crippen LogP contribution in [0.5, 0.6) is 0 Å². The quantitative estimate of drug-likeness (QED) is 0.708. The molecule has 2 aliphatic rings. The molecule has 3 aromatic rings. The van der Waals surface area contributed by atoms with E-state index < -0.39 is 12.4 Å². The standard InChI is InChI=1S/C20H21N3O3S/c24-19-17(21-10-15-7-4-8-27-15)16-12-25-20(26-16)18(19)23-11-14(9-22-23)13-5-2-1-3-6-13/h1-9,11,16-21,24H,10,12H2. The monoisotopic (exact) mass is 383 g/mol. The maximum atomic E-state index is 11.1. The molecule has 7 heteroatoms. The number of rotatable bonds is 5. The van der Waals surface area contributed by atoms with E-state index >= 15 is 0 Å². The summed E-state index contributed by atoms with van der Waals surface area (Å²) in [5.74, 6) is 0. The van der Waals surface area contributed by atoms with E-state index in [9.17, 15) is 5.11 Å². The second kappa shape index (κ2) is 7.18. The highest BCUT2D eigenvalue weighted by Gasteiger charge is 2.51. The van der Waals surface area contributed by atoms with Gasteiger partial charge in [0.15, 0.2) is 6.29 Å². The van der Waals surface area contributed by atoms with Crippen LogP contribution in [0, 0.1) is 0 Å². The summed E-state index contributed by atoms with van der Waals surface area (Å²) >= 11 is 1.70. The van der Waals surface area contributed by atoms with Gasteiger partial charge < -0.3 is 19.9 Å². The minimum atomic E-state index is -0.653. The maximum Gasteiger partial charge on any atom is 0.183 e. The molecule has 0 amide bonds. The normalized spacial score (nSPS) is 29.9. The summed E-state index contributed by atoms with van der Waals surface area (Å²) in [5.41, 5.74) is 2.10. The molecule has 2 bridgehead atoms. The second-order valence-electron chi connectivity index (χ2n) is 6.92. The highest BCUT2D eigenvalue weighted by Crippen LogP contribution is 2.36. The molecule has 1 aromatic carbocycles. The molecule has 2 aromatic heterocycles. The van der Waals surface area contributed by atoms with Crippen molar-refractivity contribution in [1.82, 2.24) is 15.1 Å². The molecule has 5 atom stereocenters. The predicted octanol–water partition coefficient (Wildman–Crippen LogP) is 2.43. The van der Waals surface area contributed by atoms with Gasteiger partial charge in [-0.3, -0.25) is 4.68 Å². The van der Waals surface area contributed by atoms with Gasteiger partial charge in [-0.2, -0.15) is 5.10 Å². The number of ether oxygens (including phenoxy) is 2. The summed E-state index contributed by atoms with van der Waals surface area (Å²) in [7, 11) is 0. The Labute approximate surface area is 161 Å². The molecule has 5 rings (SSSR count). The average molecular weight is 383 g/mol. The molecule has 4 heterocycles. The van der Waals surface area contributed by atoms with E-state index in [4.69, 9.17) is 9.47 Å². The van der Waals surface area contributed by atoms with Crippen LogP contribution in [0.15, 0.2) is 60.2 Å². The molecule has 2 fully saturated rings. The number of nitrogens with one attached hydrogen (secondary N) is 1. The van der Waals surface area contributed by atoms with Crippen molar-refractivity contribution in [3.05, 3.63) is 65.1 Å². The summed E-state index contributed by atoms with van der Waals surface area (Å²) in [4.78, 5) is 1.23. The van der Waals surface area contributed by atoms with Gasteiger partial charge in [0.1, 0.15) is 12.1 Å². The Hall–Kier alpha value is -2.03. The van der Waals surface area contributed by atoms with Gasteiger partial charge in [-0.15, -0.1) is 11.3 Å². The first-order chi connectivity index (χ1) is 13.3. The largest absolute Gasteiger partial charge is 0.389 e. The number of hydrogen-bond acceptors (Lipinski definition) is 6. The first-order valence-electron chi connectivity index (χ1n) is 9.10. The van der Waals surface area contributed by atoms with Crippen LogP contribution in [-0.4, -0.2) is 46.0 Å². The zero-order valence-corrected chi connectivity index (χ0v) is 15.5. The Balaban J connectivity index is 1.38. The summed E-state index contributed by atoms with van der Waals surface area (Å²) in [6.07, 6.45) is 2.49. The topological polar surface area (TPSA) is 68.5 Å². The van der Waals surface area contributed by atoms with Crippen molar-refractivity contribution in [2.45, 2.75) is 37.1 Å². The molecule has 27 heavy (non-hydrogen) atoms. The van der Waals surface area contributed by atoms with Gasteiger partial charge in [0.25, 0.3) is 0 Å². The Morgan fingerprint density at radius 3 is 2.89 bits per heavy atom. The number of aliphatic hydroxyl groups excluding tert-OH is 1. The fourth-order valence-electron chi connectivity index (χ4n) is 3.85. The third kappa shape index (κ3) is 3.22. The van der Waals surface area contributed by atoms with Crippen molar-refractivity contribution in [2.75, 3.05) is 6.61 Å². The average Bonchev–Trinajstić information content (AvgIpc) is 3.44. The number of benzene rings is 1. The number of fused-ring (bicyclic) bond motifs is 2.